The van der Waals surface area contributed by atoms with Gasteiger partial charge in [-0.1, -0.05) is 11.6 Å². The molecule has 0 bridgehead atoms. The first kappa shape index (κ1) is 14.8. The minimum atomic E-state index is -0.978. The van der Waals surface area contributed by atoms with Crippen molar-refractivity contribution in [2.45, 2.75) is 26.8 Å². The van der Waals surface area contributed by atoms with Crippen molar-refractivity contribution >= 4 is 34.7 Å². The number of hydrogen-bond acceptors (Lipinski definition) is 4. The van der Waals surface area contributed by atoms with Crippen molar-refractivity contribution < 1.29 is 9.90 Å². The van der Waals surface area contributed by atoms with Crippen molar-refractivity contribution in [3.8, 4) is 0 Å². The van der Waals surface area contributed by atoms with E-state index < -0.39 is 5.97 Å². The molecule has 0 aliphatic carbocycles. The zero-order valence-corrected chi connectivity index (χ0v) is 13.0. The highest BCUT2D eigenvalue weighted by Gasteiger charge is 2.18. The van der Waals surface area contributed by atoms with Crippen molar-refractivity contribution in [3.63, 3.8) is 0 Å². The fourth-order valence-corrected chi connectivity index (χ4v) is 3.11. The molecule has 4 nitrogen and oxygen atoms in total. The van der Waals surface area contributed by atoms with Crippen LogP contribution in [-0.2, 0) is 0 Å². The van der Waals surface area contributed by atoms with Crippen LogP contribution in [0.25, 0.3) is 0 Å². The summed E-state index contributed by atoms with van der Waals surface area (Å²) in [6.45, 7) is 5.57. The minimum Gasteiger partial charge on any atom is -0.478 e. The largest absolute Gasteiger partial charge is 0.478 e. The first-order valence-corrected chi connectivity index (χ1v) is 7.31. The van der Waals surface area contributed by atoms with Gasteiger partial charge in [0.1, 0.15) is 11.4 Å². The molecule has 2 heterocycles. The quantitative estimate of drug-likeness (QED) is 0.884. The number of thiophene rings is 1. The lowest BCUT2D eigenvalue weighted by molar-refractivity contribution is 0.0697. The first-order valence-electron chi connectivity index (χ1n) is 6.11. The molecule has 106 valence electrons. The smallest absolute Gasteiger partial charge is 0.339 e. The summed E-state index contributed by atoms with van der Waals surface area (Å²) in [5, 5.41) is 12.5. The van der Waals surface area contributed by atoms with Gasteiger partial charge in [-0.3, -0.25) is 0 Å². The van der Waals surface area contributed by atoms with Gasteiger partial charge in [0.15, 0.2) is 0 Å². The summed E-state index contributed by atoms with van der Waals surface area (Å²) in [5.74, 6) is -0.582. The highest BCUT2D eigenvalue weighted by Crippen LogP contribution is 2.30. The van der Waals surface area contributed by atoms with Crippen LogP contribution in [0.15, 0.2) is 18.2 Å². The number of nitrogens with zero attached hydrogens (tertiary/aromatic N) is 1. The summed E-state index contributed by atoms with van der Waals surface area (Å²) in [7, 11) is 0. The molecule has 2 rings (SSSR count). The van der Waals surface area contributed by atoms with E-state index in [-0.39, 0.29) is 11.6 Å². The first-order chi connectivity index (χ1) is 9.38. The number of anilines is 1. The number of carbonyl (C=O) groups is 1. The molecule has 0 amide bonds. The fourth-order valence-electron chi connectivity index (χ4n) is 2.05. The van der Waals surface area contributed by atoms with E-state index in [1.807, 2.05) is 26.0 Å². The number of rotatable bonds is 4. The van der Waals surface area contributed by atoms with E-state index in [2.05, 4.69) is 10.3 Å². The van der Waals surface area contributed by atoms with E-state index in [1.54, 1.807) is 13.0 Å². The van der Waals surface area contributed by atoms with Gasteiger partial charge in [-0.2, -0.15) is 0 Å². The van der Waals surface area contributed by atoms with Crippen LogP contribution in [0, 0.1) is 13.8 Å². The maximum atomic E-state index is 11.4. The Morgan fingerprint density at radius 1 is 1.45 bits per heavy atom. The Morgan fingerprint density at radius 2 is 2.15 bits per heavy atom. The lowest BCUT2D eigenvalue weighted by atomic mass is 10.1. The molecule has 2 aromatic rings. The second kappa shape index (κ2) is 5.81. The SMILES string of the molecule is Cc1cc(C)c(C(=O)O)c(NC(C)c2ccc(Cl)s2)n1. The molecular formula is C14H15ClN2O2S. The van der Waals surface area contributed by atoms with E-state index in [0.29, 0.717) is 15.7 Å². The molecule has 0 fully saturated rings. The fraction of sp³-hybridized carbons (Fsp3) is 0.286. The van der Waals surface area contributed by atoms with E-state index in [1.165, 1.54) is 11.3 Å². The molecule has 0 aliphatic heterocycles. The molecular weight excluding hydrogens is 296 g/mol. The number of carboxylic acid groups (broad SMARTS) is 1. The molecule has 2 aromatic heterocycles. The Balaban J connectivity index is 2.35. The summed E-state index contributed by atoms with van der Waals surface area (Å²) >= 11 is 7.39. The molecule has 0 radical (unpaired) electrons. The highest BCUT2D eigenvalue weighted by molar-refractivity contribution is 7.16. The van der Waals surface area contributed by atoms with Gasteiger partial charge in [0, 0.05) is 10.6 Å². The molecule has 0 spiro atoms. The van der Waals surface area contributed by atoms with Gasteiger partial charge >= 0.3 is 5.97 Å². The average molecular weight is 311 g/mol. The second-order valence-electron chi connectivity index (χ2n) is 4.62. The number of carboxylic acids is 1. The molecule has 0 saturated carbocycles. The Bertz CT molecular complexity index is 655. The van der Waals surface area contributed by atoms with Gasteiger partial charge in [-0.15, -0.1) is 11.3 Å². The van der Waals surface area contributed by atoms with Crippen LogP contribution in [0.4, 0.5) is 5.82 Å². The second-order valence-corrected chi connectivity index (χ2v) is 6.36. The number of aromatic nitrogens is 1. The van der Waals surface area contributed by atoms with Crippen LogP contribution in [0.1, 0.15) is 39.5 Å². The predicted octanol–water partition coefficient (Wildman–Crippen LogP) is 4.28. The minimum absolute atomic E-state index is 0.0562. The topological polar surface area (TPSA) is 62.2 Å². The zero-order valence-electron chi connectivity index (χ0n) is 11.4. The number of aromatic carboxylic acids is 1. The number of nitrogens with one attached hydrogen (secondary N) is 1. The third-order valence-corrected chi connectivity index (χ3v) is 4.35. The van der Waals surface area contributed by atoms with Gasteiger partial charge in [0.05, 0.1) is 10.4 Å². The monoisotopic (exact) mass is 310 g/mol. The number of pyridine rings is 1. The molecule has 1 atom stereocenters. The zero-order chi connectivity index (χ0) is 14.9. The van der Waals surface area contributed by atoms with E-state index in [9.17, 15) is 9.90 Å². The number of hydrogen-bond donors (Lipinski definition) is 2. The molecule has 1 unspecified atom stereocenters. The Labute approximate surface area is 126 Å². The van der Waals surface area contributed by atoms with Crippen LogP contribution in [0.3, 0.4) is 0 Å². The summed E-state index contributed by atoms with van der Waals surface area (Å²) in [6.07, 6.45) is 0. The summed E-state index contributed by atoms with van der Waals surface area (Å²) in [5.41, 5.74) is 1.69. The van der Waals surface area contributed by atoms with Crippen molar-refractivity contribution in [3.05, 3.63) is 44.2 Å². The lowest BCUT2D eigenvalue weighted by Crippen LogP contribution is -2.13. The van der Waals surface area contributed by atoms with Crippen LogP contribution < -0.4 is 5.32 Å². The molecule has 2 N–H and O–H groups in total. The Morgan fingerprint density at radius 3 is 2.70 bits per heavy atom. The van der Waals surface area contributed by atoms with Crippen molar-refractivity contribution in [2.75, 3.05) is 5.32 Å². The van der Waals surface area contributed by atoms with Crippen LogP contribution in [0.2, 0.25) is 4.34 Å². The van der Waals surface area contributed by atoms with Crippen molar-refractivity contribution in [1.29, 1.82) is 0 Å². The van der Waals surface area contributed by atoms with Gasteiger partial charge < -0.3 is 10.4 Å². The highest BCUT2D eigenvalue weighted by atomic mass is 35.5. The van der Waals surface area contributed by atoms with E-state index in [4.69, 9.17) is 11.6 Å². The third kappa shape index (κ3) is 3.11. The lowest BCUT2D eigenvalue weighted by Gasteiger charge is -2.16. The maximum Gasteiger partial charge on any atom is 0.339 e. The third-order valence-electron chi connectivity index (χ3n) is 2.93. The average Bonchev–Trinajstić information content (AvgIpc) is 2.74. The molecule has 0 aromatic carbocycles. The summed E-state index contributed by atoms with van der Waals surface area (Å²) < 4.78 is 0.709. The standard InChI is InChI=1S/C14H15ClN2O2S/c1-7-6-8(2)16-13(12(7)14(18)19)17-9(3)10-4-5-11(15)20-10/h4-6,9H,1-3H3,(H,16,17)(H,18,19). The van der Waals surface area contributed by atoms with Crippen molar-refractivity contribution in [2.24, 2.45) is 0 Å². The van der Waals surface area contributed by atoms with Crippen LogP contribution >= 0.6 is 22.9 Å². The van der Waals surface area contributed by atoms with E-state index >= 15 is 0 Å². The Kier molecular flexibility index (Phi) is 4.30. The molecule has 20 heavy (non-hydrogen) atoms. The normalized spacial score (nSPS) is 12.2. The summed E-state index contributed by atoms with van der Waals surface area (Å²) in [6, 6.07) is 5.46. The van der Waals surface area contributed by atoms with Gasteiger partial charge in [0.2, 0.25) is 0 Å². The number of aryl methyl sites for hydroxylation is 2. The van der Waals surface area contributed by atoms with Gasteiger partial charge in [0.25, 0.3) is 0 Å². The summed E-state index contributed by atoms with van der Waals surface area (Å²) in [4.78, 5) is 16.7. The molecule has 0 saturated heterocycles. The van der Waals surface area contributed by atoms with Crippen LogP contribution in [0.5, 0.6) is 0 Å². The van der Waals surface area contributed by atoms with Crippen LogP contribution in [-0.4, -0.2) is 16.1 Å². The van der Waals surface area contributed by atoms with Gasteiger partial charge in [-0.25, -0.2) is 9.78 Å². The molecule has 0 aliphatic rings. The molecule has 6 heteroatoms. The van der Waals surface area contributed by atoms with Gasteiger partial charge in [-0.05, 0) is 44.5 Å². The van der Waals surface area contributed by atoms with E-state index in [0.717, 1.165) is 10.6 Å². The maximum absolute atomic E-state index is 11.4. The van der Waals surface area contributed by atoms with Crippen molar-refractivity contribution in [1.82, 2.24) is 4.98 Å². The number of halogens is 1. The predicted molar refractivity (Wildman–Crippen MR) is 82.0 cm³/mol. The Hall–Kier alpha value is -1.59.